The van der Waals surface area contributed by atoms with Crippen LogP contribution in [0.5, 0.6) is 0 Å². The second kappa shape index (κ2) is 5.96. The zero-order valence-corrected chi connectivity index (χ0v) is 17.1. The number of Topliss-reactive ketones (excluding diaryl/α,β-unsaturated/α-hetero) is 1. The molecular weight excluding hydrogens is 332 g/mol. The van der Waals surface area contributed by atoms with E-state index in [1.54, 1.807) is 6.92 Å². The number of fused-ring (bicyclic) bond motifs is 1. The van der Waals surface area contributed by atoms with Gasteiger partial charge in [-0.3, -0.25) is 4.79 Å². The highest BCUT2D eigenvalue weighted by atomic mass is 17.2. The maximum atomic E-state index is 13.6. The van der Waals surface area contributed by atoms with Crippen LogP contribution in [0.3, 0.4) is 0 Å². The van der Waals surface area contributed by atoms with Crippen LogP contribution in [0.1, 0.15) is 54.9 Å². The molecule has 1 fully saturated rings. The van der Waals surface area contributed by atoms with Gasteiger partial charge in [0.15, 0.2) is 5.78 Å². The molecule has 5 heteroatoms. The molecule has 5 nitrogen and oxygen atoms in total. The van der Waals surface area contributed by atoms with Crippen molar-refractivity contribution in [2.75, 3.05) is 7.11 Å². The number of ketones is 1. The molecule has 0 aromatic carbocycles. The Bertz CT molecular complexity index is 731. The van der Waals surface area contributed by atoms with E-state index in [4.69, 9.17) is 19.2 Å². The Labute approximate surface area is 155 Å². The number of hydrogen-bond acceptors (Lipinski definition) is 5. The van der Waals surface area contributed by atoms with Gasteiger partial charge in [0, 0.05) is 11.5 Å². The molecule has 4 rings (SSSR count). The summed E-state index contributed by atoms with van der Waals surface area (Å²) in [6.45, 7) is 14.0. The summed E-state index contributed by atoms with van der Waals surface area (Å²) in [5.41, 5.74) is 0.752. The molecule has 4 aliphatic rings. The van der Waals surface area contributed by atoms with E-state index in [1.165, 1.54) is 7.11 Å². The molecule has 1 saturated heterocycles. The summed E-state index contributed by atoms with van der Waals surface area (Å²) in [5.74, 6) is -0.812. The predicted molar refractivity (Wildman–Crippen MR) is 97.7 cm³/mol. The maximum Gasteiger partial charge on any atom is 0.288 e. The first kappa shape index (κ1) is 19.2. The highest BCUT2D eigenvalue weighted by Gasteiger charge is 2.75. The van der Waals surface area contributed by atoms with Gasteiger partial charge in [-0.1, -0.05) is 25.5 Å². The molecule has 3 aliphatic heterocycles. The fourth-order valence-corrected chi connectivity index (χ4v) is 4.97. The van der Waals surface area contributed by atoms with Gasteiger partial charge in [-0.05, 0) is 53.0 Å². The molecule has 0 N–H and O–H groups in total. The Hall–Kier alpha value is -1.59. The lowest BCUT2D eigenvalue weighted by atomic mass is 9.52. The summed E-state index contributed by atoms with van der Waals surface area (Å²) in [6.07, 6.45) is 5.18. The molecule has 1 aliphatic carbocycles. The van der Waals surface area contributed by atoms with Gasteiger partial charge in [0.2, 0.25) is 0 Å². The molecule has 0 saturated carbocycles. The van der Waals surface area contributed by atoms with Crippen LogP contribution in [0.25, 0.3) is 0 Å². The third kappa shape index (κ3) is 2.26. The second-order valence-electron chi connectivity index (χ2n) is 8.56. The standard InChI is InChI=1S/C21H30O5/c1-12(2)9-10-13(3)16-19(6)11-14(4)21(26-25-19)20(16,7)17(22)15(5)18(23-8)24-21/h10-12,16H,9H2,1-8H3/b13-10+/t16-,19+,20-,21-/m1/s1. The molecule has 144 valence electrons. The van der Waals surface area contributed by atoms with Gasteiger partial charge in [0.1, 0.15) is 11.0 Å². The molecule has 1 spiro atoms. The SMILES string of the molecule is COC1=C(C)C(=O)[C@@]2(C)[C@H](/C(C)=C/CC(C)C)[C@]3(C)C=C(C)[C@]2(OO3)O1. The Morgan fingerprint density at radius 2 is 1.96 bits per heavy atom. The molecule has 26 heavy (non-hydrogen) atoms. The van der Waals surface area contributed by atoms with Crippen LogP contribution in [-0.2, 0) is 24.0 Å². The summed E-state index contributed by atoms with van der Waals surface area (Å²) in [6, 6.07) is 0. The predicted octanol–water partition coefficient (Wildman–Crippen LogP) is 4.46. The zero-order valence-electron chi connectivity index (χ0n) is 17.1. The lowest BCUT2D eigenvalue weighted by Crippen LogP contribution is -2.72. The summed E-state index contributed by atoms with van der Waals surface area (Å²) < 4.78 is 11.5. The minimum atomic E-state index is -1.32. The third-order valence-electron chi connectivity index (χ3n) is 6.10. The lowest BCUT2D eigenvalue weighted by molar-refractivity contribution is -0.514. The van der Waals surface area contributed by atoms with Crippen LogP contribution in [0.2, 0.25) is 0 Å². The first-order valence-corrected chi connectivity index (χ1v) is 9.25. The number of methoxy groups -OCH3 is 1. The normalized spacial score (nSPS) is 39.7. The van der Waals surface area contributed by atoms with E-state index in [-0.39, 0.29) is 17.6 Å². The number of rotatable bonds is 4. The lowest BCUT2D eigenvalue weighted by Gasteiger charge is -2.62. The number of allylic oxidation sites excluding steroid dienone is 2. The van der Waals surface area contributed by atoms with Crippen molar-refractivity contribution in [2.45, 2.75) is 66.3 Å². The Kier molecular flexibility index (Phi) is 4.40. The molecule has 3 heterocycles. The summed E-state index contributed by atoms with van der Waals surface area (Å²) in [5, 5.41) is 0. The number of carbonyl (C=O) groups excluding carboxylic acids is 1. The van der Waals surface area contributed by atoms with Crippen molar-refractivity contribution in [3.8, 4) is 0 Å². The van der Waals surface area contributed by atoms with Crippen molar-refractivity contribution in [3.05, 3.63) is 34.8 Å². The van der Waals surface area contributed by atoms with Gasteiger partial charge in [0.25, 0.3) is 11.7 Å². The Morgan fingerprint density at radius 1 is 1.31 bits per heavy atom. The van der Waals surface area contributed by atoms with E-state index in [2.05, 4.69) is 26.8 Å². The topological polar surface area (TPSA) is 54.0 Å². The van der Waals surface area contributed by atoms with Crippen molar-refractivity contribution in [3.63, 3.8) is 0 Å². The van der Waals surface area contributed by atoms with Crippen LogP contribution in [0, 0.1) is 17.3 Å². The quantitative estimate of drug-likeness (QED) is 0.546. The average molecular weight is 362 g/mol. The largest absolute Gasteiger partial charge is 0.468 e. The van der Waals surface area contributed by atoms with Gasteiger partial charge in [0.05, 0.1) is 12.7 Å². The molecule has 4 atom stereocenters. The van der Waals surface area contributed by atoms with Crippen molar-refractivity contribution < 1.29 is 24.0 Å². The minimum Gasteiger partial charge on any atom is -0.468 e. The fraction of sp³-hybridized carbons (Fsp3) is 0.667. The van der Waals surface area contributed by atoms with E-state index >= 15 is 0 Å². The molecule has 2 bridgehead atoms. The molecule has 0 radical (unpaired) electrons. The molecule has 0 aromatic rings. The number of hydrogen-bond donors (Lipinski definition) is 0. The van der Waals surface area contributed by atoms with Gasteiger partial charge >= 0.3 is 0 Å². The maximum absolute atomic E-state index is 13.6. The average Bonchev–Trinajstić information content (AvgIpc) is 2.56. The van der Waals surface area contributed by atoms with Crippen LogP contribution < -0.4 is 0 Å². The van der Waals surface area contributed by atoms with Crippen LogP contribution in [-0.4, -0.2) is 24.3 Å². The van der Waals surface area contributed by atoms with E-state index in [0.29, 0.717) is 11.5 Å². The fourth-order valence-electron chi connectivity index (χ4n) is 4.97. The van der Waals surface area contributed by atoms with Crippen molar-refractivity contribution in [1.82, 2.24) is 0 Å². The number of ether oxygens (including phenoxy) is 2. The van der Waals surface area contributed by atoms with Crippen molar-refractivity contribution in [1.29, 1.82) is 0 Å². The molecule has 0 amide bonds. The Morgan fingerprint density at radius 3 is 2.50 bits per heavy atom. The van der Waals surface area contributed by atoms with Gasteiger partial charge in [-0.15, -0.1) is 0 Å². The molecule has 0 aromatic heterocycles. The van der Waals surface area contributed by atoms with Gasteiger partial charge in [-0.2, -0.15) is 4.89 Å². The summed E-state index contributed by atoms with van der Waals surface area (Å²) in [4.78, 5) is 25.2. The van der Waals surface area contributed by atoms with Gasteiger partial charge in [-0.25, -0.2) is 4.89 Å². The molecule has 0 unspecified atom stereocenters. The van der Waals surface area contributed by atoms with Crippen LogP contribution in [0.15, 0.2) is 34.8 Å². The number of carbonyl (C=O) groups is 1. The Balaban J connectivity index is 2.23. The van der Waals surface area contributed by atoms with E-state index in [9.17, 15) is 4.79 Å². The zero-order chi connectivity index (χ0) is 19.5. The smallest absolute Gasteiger partial charge is 0.288 e. The molecular formula is C21H30O5. The first-order valence-electron chi connectivity index (χ1n) is 9.25. The summed E-state index contributed by atoms with van der Waals surface area (Å²) >= 11 is 0. The van der Waals surface area contributed by atoms with Crippen molar-refractivity contribution >= 4 is 5.78 Å². The third-order valence-corrected chi connectivity index (χ3v) is 6.10. The summed E-state index contributed by atoms with van der Waals surface area (Å²) in [7, 11) is 1.49. The highest BCUT2D eigenvalue weighted by molar-refractivity contribution is 6.02. The van der Waals surface area contributed by atoms with Crippen LogP contribution in [0.4, 0.5) is 0 Å². The highest BCUT2D eigenvalue weighted by Crippen LogP contribution is 2.64. The first-order chi connectivity index (χ1) is 12.0. The van der Waals surface area contributed by atoms with Gasteiger partial charge < -0.3 is 9.47 Å². The van der Waals surface area contributed by atoms with Crippen LogP contribution >= 0.6 is 0 Å². The van der Waals surface area contributed by atoms with Crippen molar-refractivity contribution in [2.24, 2.45) is 17.3 Å². The monoisotopic (exact) mass is 362 g/mol. The minimum absolute atomic E-state index is 0.0233. The van der Waals surface area contributed by atoms with E-state index in [0.717, 1.165) is 17.6 Å². The van der Waals surface area contributed by atoms with E-state index in [1.807, 2.05) is 26.8 Å². The second-order valence-corrected chi connectivity index (χ2v) is 8.56. The van der Waals surface area contributed by atoms with E-state index < -0.39 is 16.8 Å².